The van der Waals surface area contributed by atoms with Crippen LogP contribution in [-0.4, -0.2) is 18.0 Å². The molecule has 2 aromatic heterocycles. The number of carbonyl (C=O) groups is 1. The minimum Gasteiger partial charge on any atom is -0.493 e. The van der Waals surface area contributed by atoms with Crippen LogP contribution in [0, 0.1) is 6.92 Å². The first kappa shape index (κ1) is 26.0. The van der Waals surface area contributed by atoms with Gasteiger partial charge in [0.2, 0.25) is 5.55 Å². The highest BCUT2D eigenvalue weighted by Gasteiger charge is 2.19. The van der Waals surface area contributed by atoms with Gasteiger partial charge in [-0.2, -0.15) is 0 Å². The molecule has 38 heavy (non-hydrogen) atoms. The molecule has 2 heterocycles. The third kappa shape index (κ3) is 5.31. The third-order valence-corrected chi connectivity index (χ3v) is 7.75. The van der Waals surface area contributed by atoms with Gasteiger partial charge in [0, 0.05) is 15.8 Å². The maximum absolute atomic E-state index is 13.6. The van der Waals surface area contributed by atoms with E-state index < -0.39 is 0 Å². The molecule has 0 radical (unpaired) electrons. The van der Waals surface area contributed by atoms with Crippen LogP contribution in [-0.2, 0) is 6.42 Å². The van der Waals surface area contributed by atoms with Gasteiger partial charge in [-0.25, -0.2) is 9.98 Å². The van der Waals surface area contributed by atoms with Crippen molar-refractivity contribution in [1.82, 2.24) is 4.98 Å². The molecular formula is C29H23Cl2N3O3S. The molecule has 0 atom stereocenters. The lowest BCUT2D eigenvalue weighted by Gasteiger charge is -2.08. The zero-order valence-corrected chi connectivity index (χ0v) is 23.2. The molecule has 1 amide bonds. The van der Waals surface area contributed by atoms with E-state index in [2.05, 4.69) is 10.3 Å². The van der Waals surface area contributed by atoms with Gasteiger partial charge in [-0.1, -0.05) is 66.0 Å². The van der Waals surface area contributed by atoms with Crippen LogP contribution in [0.25, 0.3) is 22.2 Å². The van der Waals surface area contributed by atoms with Gasteiger partial charge in [0.25, 0.3) is 5.91 Å². The molecule has 0 aliphatic carbocycles. The summed E-state index contributed by atoms with van der Waals surface area (Å²) in [5.41, 5.74) is 4.29. The number of rotatable bonds is 6. The number of carbonyl (C=O) groups excluding carboxylic acids is 1. The maximum Gasteiger partial charge on any atom is 0.262 e. The summed E-state index contributed by atoms with van der Waals surface area (Å²) in [7, 11) is 1.57. The molecule has 3 aromatic carbocycles. The Labute approximate surface area is 233 Å². The number of thiazole rings is 1. The van der Waals surface area contributed by atoms with E-state index in [4.69, 9.17) is 37.3 Å². The molecule has 0 unspecified atom stereocenters. The minimum absolute atomic E-state index is 0.167. The quantitative estimate of drug-likeness (QED) is 0.225. The second-order valence-corrected chi connectivity index (χ2v) is 10.4. The molecule has 0 aliphatic heterocycles. The van der Waals surface area contributed by atoms with E-state index in [1.54, 1.807) is 31.4 Å². The first-order valence-electron chi connectivity index (χ1n) is 11.8. The summed E-state index contributed by atoms with van der Waals surface area (Å²) in [6, 6.07) is 20.3. The van der Waals surface area contributed by atoms with Crippen LogP contribution in [0.1, 0.15) is 27.7 Å². The highest BCUT2D eigenvalue weighted by Crippen LogP contribution is 2.35. The predicted molar refractivity (Wildman–Crippen MR) is 154 cm³/mol. The second-order valence-electron chi connectivity index (χ2n) is 8.52. The lowest BCUT2D eigenvalue weighted by molar-refractivity contribution is 0.102. The van der Waals surface area contributed by atoms with Crippen LogP contribution < -0.4 is 15.6 Å². The molecule has 0 fully saturated rings. The van der Waals surface area contributed by atoms with Crippen LogP contribution in [0.5, 0.6) is 5.75 Å². The number of para-hydroxylation sites is 1. The number of aryl methyl sites for hydroxylation is 2. The Bertz CT molecular complexity index is 1730. The van der Waals surface area contributed by atoms with Crippen LogP contribution in [0.4, 0.5) is 10.8 Å². The number of halogens is 2. The summed E-state index contributed by atoms with van der Waals surface area (Å²) in [5.74, 6) is 0.162. The number of hydrogen-bond acceptors (Lipinski definition) is 6. The number of benzene rings is 3. The van der Waals surface area contributed by atoms with Crippen molar-refractivity contribution in [3.8, 4) is 17.0 Å². The van der Waals surface area contributed by atoms with Crippen molar-refractivity contribution in [3.63, 3.8) is 0 Å². The Morgan fingerprint density at radius 2 is 1.87 bits per heavy atom. The Balaban J connectivity index is 1.58. The van der Waals surface area contributed by atoms with Crippen LogP contribution in [0.2, 0.25) is 10.0 Å². The van der Waals surface area contributed by atoms with E-state index in [-0.39, 0.29) is 17.0 Å². The molecule has 0 spiro atoms. The fourth-order valence-electron chi connectivity index (χ4n) is 3.95. The van der Waals surface area contributed by atoms with Crippen molar-refractivity contribution in [2.24, 2.45) is 4.99 Å². The molecule has 5 rings (SSSR count). The number of methoxy groups -OCH3 is 1. The number of nitrogens with one attached hydrogen (secondary N) is 1. The highest BCUT2D eigenvalue weighted by atomic mass is 35.5. The molecule has 5 aromatic rings. The topological polar surface area (TPSA) is 76.7 Å². The summed E-state index contributed by atoms with van der Waals surface area (Å²) in [6.07, 6.45) is 0.738. The van der Waals surface area contributed by atoms with E-state index in [9.17, 15) is 4.79 Å². The molecule has 192 valence electrons. The van der Waals surface area contributed by atoms with Crippen molar-refractivity contribution in [2.45, 2.75) is 20.3 Å². The van der Waals surface area contributed by atoms with Gasteiger partial charge in [0.1, 0.15) is 5.56 Å². The molecule has 1 N–H and O–H groups in total. The molecule has 9 heteroatoms. The van der Waals surface area contributed by atoms with Crippen LogP contribution in [0.15, 0.2) is 76.1 Å². The average molecular weight is 564 g/mol. The van der Waals surface area contributed by atoms with Gasteiger partial charge >= 0.3 is 0 Å². The largest absolute Gasteiger partial charge is 0.493 e. The predicted octanol–water partition coefficient (Wildman–Crippen LogP) is 8.23. The number of amides is 1. The second kappa shape index (κ2) is 11.0. The van der Waals surface area contributed by atoms with Gasteiger partial charge in [0.05, 0.1) is 28.5 Å². The molecule has 0 aliphatic rings. The van der Waals surface area contributed by atoms with Crippen molar-refractivity contribution < 1.29 is 13.9 Å². The summed E-state index contributed by atoms with van der Waals surface area (Å²) in [5, 5.41) is 5.02. The van der Waals surface area contributed by atoms with Gasteiger partial charge in [-0.15, -0.1) is 11.3 Å². The summed E-state index contributed by atoms with van der Waals surface area (Å²) >= 11 is 13.7. The molecule has 6 nitrogen and oxygen atoms in total. The summed E-state index contributed by atoms with van der Waals surface area (Å²) in [4.78, 5) is 23.9. The zero-order chi connectivity index (χ0) is 26.8. The van der Waals surface area contributed by atoms with E-state index >= 15 is 0 Å². The molecule has 0 saturated heterocycles. The van der Waals surface area contributed by atoms with Crippen molar-refractivity contribution in [2.75, 3.05) is 12.4 Å². The Morgan fingerprint density at radius 3 is 2.58 bits per heavy atom. The van der Waals surface area contributed by atoms with Gasteiger partial charge in [-0.05, 0) is 49.7 Å². The summed E-state index contributed by atoms with van der Waals surface area (Å²) in [6.45, 7) is 4.03. The fourth-order valence-corrected chi connectivity index (χ4v) is 5.16. The summed E-state index contributed by atoms with van der Waals surface area (Å²) < 4.78 is 11.6. The average Bonchev–Trinajstić information content (AvgIpc) is 3.33. The van der Waals surface area contributed by atoms with E-state index in [0.29, 0.717) is 37.6 Å². The first-order valence-corrected chi connectivity index (χ1v) is 13.4. The van der Waals surface area contributed by atoms with Gasteiger partial charge in [-0.3, -0.25) is 10.1 Å². The lowest BCUT2D eigenvalue weighted by atomic mass is 10.1. The van der Waals surface area contributed by atoms with Gasteiger partial charge < -0.3 is 9.15 Å². The molecule has 0 saturated carbocycles. The van der Waals surface area contributed by atoms with Crippen LogP contribution in [0.3, 0.4) is 0 Å². The first-order chi connectivity index (χ1) is 18.4. The number of fused-ring (bicyclic) bond motifs is 1. The maximum atomic E-state index is 13.6. The Kier molecular flexibility index (Phi) is 7.51. The molecular weight excluding hydrogens is 541 g/mol. The van der Waals surface area contributed by atoms with E-state index in [1.165, 1.54) is 11.3 Å². The number of aromatic nitrogens is 1. The van der Waals surface area contributed by atoms with Gasteiger partial charge in [0.15, 0.2) is 16.5 Å². The standard InChI is InChI=1S/C29H23Cl2N3O3S/c1-4-24-25(17-10-13-21(30)22(31)15-17)33-29(38-24)34-27(35)20-14-18-6-5-7-23(36-3)26(18)37-28(20)32-19-11-8-16(2)9-12-19/h5-15H,4H2,1-3H3,(H,33,34,35). The fraction of sp³-hybridized carbons (Fsp3) is 0.138. The Hall–Kier alpha value is -3.65. The SMILES string of the molecule is CCc1sc(NC(=O)c2cc3cccc(OC)c3oc2=Nc2ccc(C)cc2)nc1-c1ccc(Cl)c(Cl)c1. The lowest BCUT2D eigenvalue weighted by Crippen LogP contribution is -2.21. The minimum atomic E-state index is -0.388. The Morgan fingerprint density at radius 1 is 1.08 bits per heavy atom. The van der Waals surface area contributed by atoms with E-state index in [0.717, 1.165) is 28.1 Å². The van der Waals surface area contributed by atoms with E-state index in [1.807, 2.05) is 56.3 Å². The smallest absolute Gasteiger partial charge is 0.262 e. The number of hydrogen-bond donors (Lipinski definition) is 1. The van der Waals surface area contributed by atoms with Crippen molar-refractivity contribution in [1.29, 1.82) is 0 Å². The highest BCUT2D eigenvalue weighted by molar-refractivity contribution is 7.16. The third-order valence-electron chi connectivity index (χ3n) is 5.90. The van der Waals surface area contributed by atoms with Crippen molar-refractivity contribution >= 4 is 62.2 Å². The van der Waals surface area contributed by atoms with Crippen LogP contribution >= 0.6 is 34.5 Å². The number of anilines is 1. The normalized spacial score (nSPS) is 11.7. The monoisotopic (exact) mass is 563 g/mol. The number of ether oxygens (including phenoxy) is 1. The number of nitrogens with zero attached hydrogens (tertiary/aromatic N) is 2. The zero-order valence-electron chi connectivity index (χ0n) is 20.8. The van der Waals surface area contributed by atoms with Crippen molar-refractivity contribution in [3.05, 3.63) is 98.3 Å². The molecule has 0 bridgehead atoms.